The minimum atomic E-state index is -5.38. The molecule has 1 fully saturated rings. The predicted molar refractivity (Wildman–Crippen MR) is 167 cm³/mol. The number of nitrogens with one attached hydrogen (secondary N) is 1. The second kappa shape index (κ2) is 12.5. The fourth-order valence-electron chi connectivity index (χ4n) is 6.16. The Morgan fingerprint density at radius 3 is 2.63 bits per heavy atom. The van der Waals surface area contributed by atoms with Crippen molar-refractivity contribution < 1.29 is 55.9 Å². The van der Waals surface area contributed by atoms with Crippen molar-refractivity contribution in [2.24, 2.45) is 0 Å². The van der Waals surface area contributed by atoms with E-state index in [1.54, 1.807) is 12.1 Å². The summed E-state index contributed by atoms with van der Waals surface area (Å²) in [7, 11) is -5.38. The van der Waals surface area contributed by atoms with Gasteiger partial charge < -0.3 is 29.0 Å². The van der Waals surface area contributed by atoms with E-state index in [1.807, 2.05) is 18.2 Å². The summed E-state index contributed by atoms with van der Waals surface area (Å²) in [5, 5.41) is 3.07. The molecule has 0 saturated carbocycles. The van der Waals surface area contributed by atoms with Crippen molar-refractivity contribution >= 4 is 42.4 Å². The van der Waals surface area contributed by atoms with E-state index >= 15 is 8.78 Å². The number of benzene rings is 1. The number of aromatic nitrogens is 4. The number of ether oxygens (including phenoxy) is 3. The molecular formula is C31H26F2N5O12P. The first kappa shape index (κ1) is 34.3. The Hall–Kier alpha value is -5.20. The van der Waals surface area contributed by atoms with Gasteiger partial charge in [0.1, 0.15) is 18.5 Å². The van der Waals surface area contributed by atoms with Crippen LogP contribution in [0.5, 0.6) is 0 Å². The zero-order chi connectivity index (χ0) is 36.4. The summed E-state index contributed by atoms with van der Waals surface area (Å²) >= 11 is 0. The van der Waals surface area contributed by atoms with Gasteiger partial charge in [-0.3, -0.25) is 28.0 Å². The number of para-hydroxylation sites is 1. The van der Waals surface area contributed by atoms with E-state index in [2.05, 4.69) is 15.3 Å². The van der Waals surface area contributed by atoms with Crippen LogP contribution in [0.3, 0.4) is 0 Å². The number of amides is 1. The minimum absolute atomic E-state index is 0.0270. The molecular weight excluding hydrogens is 703 g/mol. The molecule has 4 aromatic rings. The molecule has 3 aliphatic heterocycles. The molecule has 2 N–H and O–H groups in total. The number of hydrogen-bond acceptors (Lipinski definition) is 13. The maximum Gasteiger partial charge on any atom is 0.473 e. The van der Waals surface area contributed by atoms with Gasteiger partial charge in [0, 0.05) is 36.6 Å². The van der Waals surface area contributed by atoms with Gasteiger partial charge in [0.25, 0.3) is 5.56 Å². The molecule has 0 bridgehead atoms. The third-order valence-corrected chi connectivity index (χ3v) is 9.29. The number of halogens is 2. The Morgan fingerprint density at radius 2 is 1.90 bits per heavy atom. The van der Waals surface area contributed by atoms with Gasteiger partial charge in [-0.15, -0.1) is 0 Å². The average Bonchev–Trinajstić information content (AvgIpc) is 3.53. The van der Waals surface area contributed by atoms with Crippen molar-refractivity contribution in [1.82, 2.24) is 19.1 Å². The topological polar surface area (TPSA) is 216 Å². The molecule has 3 aromatic heterocycles. The number of hydrogen-bond donors (Lipinski definition) is 2. The summed E-state index contributed by atoms with van der Waals surface area (Å²) in [6.45, 7) is 0.522. The van der Waals surface area contributed by atoms with E-state index < -0.39 is 80.6 Å². The molecule has 266 valence electrons. The molecule has 6 heterocycles. The van der Waals surface area contributed by atoms with Gasteiger partial charge in [-0.2, -0.15) is 13.8 Å². The van der Waals surface area contributed by atoms with Gasteiger partial charge in [-0.1, -0.05) is 18.2 Å². The smallest absolute Gasteiger partial charge is 0.458 e. The van der Waals surface area contributed by atoms with Crippen LogP contribution in [-0.2, 0) is 55.4 Å². The van der Waals surface area contributed by atoms with Crippen LogP contribution >= 0.6 is 7.82 Å². The maximum absolute atomic E-state index is 15.6. The molecule has 1 amide bonds. The Morgan fingerprint density at radius 1 is 1.14 bits per heavy atom. The van der Waals surface area contributed by atoms with Gasteiger partial charge in [0.05, 0.1) is 35.6 Å². The lowest BCUT2D eigenvalue weighted by Gasteiger charge is -2.27. The van der Waals surface area contributed by atoms with Gasteiger partial charge in [0.15, 0.2) is 12.2 Å². The molecule has 5 atom stereocenters. The molecule has 51 heavy (non-hydrogen) atoms. The molecule has 0 aliphatic carbocycles. The van der Waals surface area contributed by atoms with Crippen LogP contribution in [0.4, 0.5) is 14.6 Å². The summed E-state index contributed by atoms with van der Waals surface area (Å²) < 4.78 is 71.7. The van der Waals surface area contributed by atoms with Crippen LogP contribution in [0.1, 0.15) is 42.9 Å². The molecule has 17 nitrogen and oxygen atoms in total. The Balaban J connectivity index is 1.14. The number of esters is 2. The van der Waals surface area contributed by atoms with E-state index in [0.717, 1.165) is 37.1 Å². The van der Waals surface area contributed by atoms with Crippen LogP contribution < -0.4 is 16.6 Å². The SMILES string of the molecule is CC(=O)Nc1ccn([C@@H]2O[C@H](COP(=O)(O)O[C@@H]3C(=O)OCc4c3cc3n(c4=O)Cc4cc5ccccc5nc4-3)[C@@H](OC(C)=O)C2(F)F)c(=O)n1. The molecule has 20 heteroatoms. The second-order valence-electron chi connectivity index (χ2n) is 11.8. The molecule has 1 unspecified atom stereocenters. The standard InChI is InChI=1S/C31H26F2N5O12P/c1-14(39)34-23-7-8-37(30(43)36-23)29-31(32,33)26(48-15(2)40)22(49-29)13-47-51(44,45)50-25-18-10-21-24-17(9-16-5-3-4-6-20(16)35-24)11-38(21)27(41)19(18)12-46-28(25)42/h3-10,22,25-26,29H,11-13H2,1-2H3,(H,44,45)(H,34,36,39,43)/t22-,25+,26-,29-/m1/s1. The number of anilines is 1. The number of nitrogens with zero attached hydrogens (tertiary/aromatic N) is 4. The zero-order valence-corrected chi connectivity index (χ0v) is 27.4. The first-order valence-corrected chi connectivity index (χ1v) is 16.7. The zero-order valence-electron chi connectivity index (χ0n) is 26.5. The van der Waals surface area contributed by atoms with E-state index in [9.17, 15) is 33.4 Å². The van der Waals surface area contributed by atoms with Crippen LogP contribution in [0.25, 0.3) is 22.3 Å². The molecule has 3 aliphatic rings. The number of carbonyl (C=O) groups is 3. The maximum atomic E-state index is 15.6. The Bertz CT molecular complexity index is 2310. The summed E-state index contributed by atoms with van der Waals surface area (Å²) in [6.07, 6.45) is -7.94. The number of cyclic esters (lactones) is 1. The Kier molecular flexibility index (Phi) is 8.42. The number of carbonyl (C=O) groups excluding carboxylic acids is 3. The fourth-order valence-corrected chi connectivity index (χ4v) is 7.02. The van der Waals surface area contributed by atoms with Crippen LogP contribution in [0.2, 0.25) is 0 Å². The van der Waals surface area contributed by atoms with Crippen molar-refractivity contribution in [3.05, 3.63) is 86.2 Å². The van der Waals surface area contributed by atoms with Crippen molar-refractivity contribution in [3.63, 3.8) is 0 Å². The Labute approximate surface area is 284 Å². The van der Waals surface area contributed by atoms with E-state index in [1.165, 1.54) is 10.6 Å². The highest BCUT2D eigenvalue weighted by molar-refractivity contribution is 7.47. The second-order valence-corrected chi connectivity index (χ2v) is 13.2. The fraction of sp³-hybridized carbons (Fsp3) is 0.323. The lowest BCUT2D eigenvalue weighted by atomic mass is 10.0. The van der Waals surface area contributed by atoms with Crippen LogP contribution in [-0.4, -0.2) is 66.6 Å². The highest BCUT2D eigenvalue weighted by Gasteiger charge is 2.62. The quantitative estimate of drug-likeness (QED) is 0.173. The molecule has 0 spiro atoms. The normalized spacial score (nSPS) is 22.7. The van der Waals surface area contributed by atoms with Crippen LogP contribution in [0, 0.1) is 0 Å². The minimum Gasteiger partial charge on any atom is -0.458 e. The van der Waals surface area contributed by atoms with E-state index in [0.29, 0.717) is 21.5 Å². The first-order chi connectivity index (χ1) is 24.1. The van der Waals surface area contributed by atoms with E-state index in [4.69, 9.17) is 23.3 Å². The average molecular weight is 730 g/mol. The highest BCUT2D eigenvalue weighted by atomic mass is 31.2. The summed E-state index contributed by atoms with van der Waals surface area (Å²) in [5.41, 5.74) is 0.221. The number of rotatable bonds is 8. The predicted octanol–water partition coefficient (Wildman–Crippen LogP) is 2.34. The number of phosphoric acid groups is 1. The summed E-state index contributed by atoms with van der Waals surface area (Å²) in [5.74, 6) is -7.24. The van der Waals surface area contributed by atoms with Gasteiger partial charge in [-0.05, 0) is 24.3 Å². The van der Waals surface area contributed by atoms with Crippen LogP contribution in [0.15, 0.2) is 58.3 Å². The molecule has 1 aromatic carbocycles. The number of fused-ring (bicyclic) bond motifs is 5. The molecule has 0 radical (unpaired) electrons. The number of alkyl halides is 2. The largest absolute Gasteiger partial charge is 0.473 e. The monoisotopic (exact) mass is 729 g/mol. The molecule has 1 saturated heterocycles. The molecule has 7 rings (SSSR count). The van der Waals surface area contributed by atoms with Crippen molar-refractivity contribution in [3.8, 4) is 11.4 Å². The van der Waals surface area contributed by atoms with E-state index in [-0.39, 0.29) is 23.5 Å². The van der Waals surface area contributed by atoms with Crippen molar-refractivity contribution in [2.75, 3.05) is 11.9 Å². The summed E-state index contributed by atoms with van der Waals surface area (Å²) in [6, 6.07) is 11.6. The lowest BCUT2D eigenvalue weighted by molar-refractivity contribution is -0.174. The lowest BCUT2D eigenvalue weighted by Crippen LogP contribution is -2.44. The highest BCUT2D eigenvalue weighted by Crippen LogP contribution is 2.52. The summed E-state index contributed by atoms with van der Waals surface area (Å²) in [4.78, 5) is 81.0. The van der Waals surface area contributed by atoms with Gasteiger partial charge >= 0.3 is 31.4 Å². The van der Waals surface area contributed by atoms with Crippen molar-refractivity contribution in [1.29, 1.82) is 0 Å². The third kappa shape index (κ3) is 6.23. The van der Waals surface area contributed by atoms with Crippen molar-refractivity contribution in [2.45, 2.75) is 57.5 Å². The number of phosphoric ester groups is 1. The van der Waals surface area contributed by atoms with Gasteiger partial charge in [-0.25, -0.2) is 19.1 Å². The number of pyridine rings is 2. The third-order valence-electron chi connectivity index (χ3n) is 8.33. The van der Waals surface area contributed by atoms with Gasteiger partial charge in [0.2, 0.25) is 12.1 Å². The first-order valence-electron chi connectivity index (χ1n) is 15.2.